The molecule has 2 aromatic rings. The van der Waals surface area contributed by atoms with Crippen molar-refractivity contribution in [1.82, 2.24) is 24.7 Å². The fourth-order valence-electron chi connectivity index (χ4n) is 1.60. The van der Waals surface area contributed by atoms with Crippen LogP contribution in [-0.2, 0) is 6.54 Å². The number of hydrazine groups is 1. The van der Waals surface area contributed by atoms with E-state index >= 15 is 0 Å². The zero-order chi connectivity index (χ0) is 15.4. The highest BCUT2D eigenvalue weighted by molar-refractivity contribution is 7.99. The van der Waals surface area contributed by atoms with Gasteiger partial charge in [0.15, 0.2) is 10.2 Å². The number of aromatic nitrogens is 5. The van der Waals surface area contributed by atoms with E-state index in [-0.39, 0.29) is 27.4 Å². The van der Waals surface area contributed by atoms with Crippen LogP contribution in [0.3, 0.4) is 0 Å². The van der Waals surface area contributed by atoms with E-state index in [0.29, 0.717) is 13.0 Å². The number of nitrogen functional groups attached to an aromatic ring is 1. The third-order valence-corrected chi connectivity index (χ3v) is 3.45. The van der Waals surface area contributed by atoms with Crippen LogP contribution in [0.1, 0.15) is 13.3 Å². The summed E-state index contributed by atoms with van der Waals surface area (Å²) in [6, 6.07) is 0. The molecule has 0 spiro atoms. The van der Waals surface area contributed by atoms with Gasteiger partial charge in [0.2, 0.25) is 5.82 Å². The van der Waals surface area contributed by atoms with Gasteiger partial charge in [-0.2, -0.15) is 0 Å². The van der Waals surface area contributed by atoms with E-state index in [1.54, 1.807) is 0 Å². The third-order valence-electron chi connectivity index (χ3n) is 2.47. The topological polar surface area (TPSA) is 158 Å². The first-order chi connectivity index (χ1) is 10.1. The minimum Gasteiger partial charge on any atom is -0.303 e. The van der Waals surface area contributed by atoms with Crippen LogP contribution >= 0.6 is 11.8 Å². The van der Waals surface area contributed by atoms with Gasteiger partial charge in [-0.25, -0.2) is 25.7 Å². The van der Waals surface area contributed by atoms with E-state index in [4.69, 9.17) is 5.84 Å². The predicted octanol–water partition coefficient (Wildman–Crippen LogP) is 0.116. The molecule has 0 aliphatic heterocycles. The van der Waals surface area contributed by atoms with Crippen molar-refractivity contribution in [3.63, 3.8) is 0 Å². The second-order valence-electron chi connectivity index (χ2n) is 3.84. The molecule has 0 amide bonds. The number of anilines is 1. The number of rotatable bonds is 6. The van der Waals surface area contributed by atoms with Gasteiger partial charge >= 0.3 is 11.4 Å². The molecule has 112 valence electrons. The van der Waals surface area contributed by atoms with E-state index in [2.05, 4.69) is 25.6 Å². The molecule has 0 fully saturated rings. The van der Waals surface area contributed by atoms with Gasteiger partial charge in [-0.15, -0.1) is 5.10 Å². The molecule has 2 rings (SSSR count). The molecular formula is C9H12N8O3S. The molecule has 0 radical (unpaired) electrons. The van der Waals surface area contributed by atoms with Crippen LogP contribution in [0.2, 0.25) is 0 Å². The summed E-state index contributed by atoms with van der Waals surface area (Å²) >= 11 is 0.892. The number of nitrogens with zero attached hydrogens (tertiary/aromatic N) is 5. The summed E-state index contributed by atoms with van der Waals surface area (Å²) in [6.45, 7) is 2.34. The standard InChI is InChI=1S/C9H12N8O3S/c1-2-3-16-8(18)14-15-9(16)21-7-5(17(19)20)6(13-10)11-4-12-7/h4H,2-3,10H2,1H3,(H,14,18)(H,11,12,13). The molecule has 2 heterocycles. The molecule has 0 unspecified atom stereocenters. The molecule has 21 heavy (non-hydrogen) atoms. The minimum absolute atomic E-state index is 0.0410. The van der Waals surface area contributed by atoms with Crippen molar-refractivity contribution in [3.05, 3.63) is 26.9 Å². The summed E-state index contributed by atoms with van der Waals surface area (Å²) in [5, 5.41) is 17.6. The lowest BCUT2D eigenvalue weighted by Crippen LogP contribution is -2.17. The molecule has 0 saturated carbocycles. The SMILES string of the molecule is CCCn1c(Sc2ncnc(NN)c2[N+](=O)[O-])n[nH]c1=O. The largest absolute Gasteiger partial charge is 0.345 e. The van der Waals surface area contributed by atoms with Crippen molar-refractivity contribution < 1.29 is 4.92 Å². The summed E-state index contributed by atoms with van der Waals surface area (Å²) in [6.07, 6.45) is 1.86. The molecular weight excluding hydrogens is 300 g/mol. The van der Waals surface area contributed by atoms with Gasteiger partial charge in [-0.3, -0.25) is 14.7 Å². The average Bonchev–Trinajstić information content (AvgIpc) is 2.80. The molecule has 0 atom stereocenters. The van der Waals surface area contributed by atoms with E-state index in [1.165, 1.54) is 4.57 Å². The Morgan fingerprint density at radius 1 is 1.57 bits per heavy atom. The molecule has 0 aliphatic carbocycles. The second-order valence-corrected chi connectivity index (χ2v) is 4.80. The lowest BCUT2D eigenvalue weighted by Gasteiger charge is -2.05. The van der Waals surface area contributed by atoms with Gasteiger partial charge in [-0.1, -0.05) is 6.92 Å². The number of H-pyrrole nitrogens is 1. The summed E-state index contributed by atoms with van der Waals surface area (Å²) < 4.78 is 1.38. The van der Waals surface area contributed by atoms with E-state index in [9.17, 15) is 14.9 Å². The molecule has 0 saturated heterocycles. The Labute approximate surface area is 122 Å². The minimum atomic E-state index is -0.646. The average molecular weight is 312 g/mol. The van der Waals surface area contributed by atoms with Crippen molar-refractivity contribution in [2.45, 2.75) is 30.1 Å². The fraction of sp³-hybridized carbons (Fsp3) is 0.333. The first kappa shape index (κ1) is 14.9. The van der Waals surface area contributed by atoms with Gasteiger partial charge < -0.3 is 5.43 Å². The predicted molar refractivity (Wildman–Crippen MR) is 73.8 cm³/mol. The Morgan fingerprint density at radius 2 is 2.33 bits per heavy atom. The van der Waals surface area contributed by atoms with E-state index < -0.39 is 4.92 Å². The molecule has 4 N–H and O–H groups in total. The second kappa shape index (κ2) is 6.32. The monoisotopic (exact) mass is 312 g/mol. The third kappa shape index (κ3) is 3.00. The first-order valence-corrected chi connectivity index (χ1v) is 6.69. The fourth-order valence-corrected chi connectivity index (χ4v) is 2.51. The highest BCUT2D eigenvalue weighted by Crippen LogP contribution is 2.34. The Morgan fingerprint density at radius 3 is 2.95 bits per heavy atom. The van der Waals surface area contributed by atoms with Gasteiger partial charge in [-0.05, 0) is 18.2 Å². The van der Waals surface area contributed by atoms with Crippen LogP contribution in [0, 0.1) is 10.1 Å². The summed E-state index contributed by atoms with van der Waals surface area (Å²) in [5.74, 6) is 5.09. The van der Waals surface area contributed by atoms with Gasteiger partial charge in [0, 0.05) is 6.54 Å². The maximum Gasteiger partial charge on any atom is 0.345 e. The molecule has 11 nitrogen and oxygen atoms in total. The molecule has 0 aliphatic rings. The van der Waals surface area contributed by atoms with Crippen LogP contribution in [0.15, 0.2) is 21.3 Å². The van der Waals surface area contributed by atoms with Crippen molar-refractivity contribution in [1.29, 1.82) is 0 Å². The molecule has 0 aromatic carbocycles. The normalized spacial score (nSPS) is 10.6. The van der Waals surface area contributed by atoms with Crippen molar-refractivity contribution in [3.8, 4) is 0 Å². The van der Waals surface area contributed by atoms with Crippen LogP contribution in [-0.4, -0.2) is 29.7 Å². The zero-order valence-electron chi connectivity index (χ0n) is 10.9. The Hall–Kier alpha value is -2.47. The Bertz CT molecular complexity index is 711. The maximum atomic E-state index is 11.6. The summed E-state index contributed by atoms with van der Waals surface area (Å²) in [7, 11) is 0. The lowest BCUT2D eigenvalue weighted by molar-refractivity contribution is -0.387. The Balaban J connectivity index is 2.45. The van der Waals surface area contributed by atoms with Crippen molar-refractivity contribution >= 4 is 23.3 Å². The number of nitro groups is 1. The summed E-state index contributed by atoms with van der Waals surface area (Å²) in [5.41, 5.74) is 1.39. The smallest absolute Gasteiger partial charge is 0.303 e. The van der Waals surface area contributed by atoms with Crippen molar-refractivity contribution in [2.75, 3.05) is 5.43 Å². The molecule has 0 bridgehead atoms. The van der Waals surface area contributed by atoms with E-state index in [1.807, 2.05) is 6.92 Å². The lowest BCUT2D eigenvalue weighted by atomic mass is 10.5. The van der Waals surface area contributed by atoms with Gasteiger partial charge in [0.1, 0.15) is 6.33 Å². The number of nitrogens with one attached hydrogen (secondary N) is 2. The zero-order valence-corrected chi connectivity index (χ0v) is 11.8. The van der Waals surface area contributed by atoms with Crippen LogP contribution in [0.4, 0.5) is 11.5 Å². The van der Waals surface area contributed by atoms with Crippen molar-refractivity contribution in [2.24, 2.45) is 5.84 Å². The number of hydrogen-bond donors (Lipinski definition) is 3. The van der Waals surface area contributed by atoms with Crippen LogP contribution in [0.25, 0.3) is 0 Å². The number of hydrogen-bond acceptors (Lipinski definition) is 9. The number of aromatic amines is 1. The highest BCUT2D eigenvalue weighted by Gasteiger charge is 2.25. The quantitative estimate of drug-likeness (QED) is 0.291. The summed E-state index contributed by atoms with van der Waals surface area (Å²) in [4.78, 5) is 29.6. The van der Waals surface area contributed by atoms with Gasteiger partial charge in [0.25, 0.3) is 0 Å². The highest BCUT2D eigenvalue weighted by atomic mass is 32.2. The number of nitrogens with two attached hydrogens (primary N) is 1. The maximum absolute atomic E-state index is 11.6. The Kier molecular flexibility index (Phi) is 4.49. The first-order valence-electron chi connectivity index (χ1n) is 5.87. The molecule has 2 aromatic heterocycles. The van der Waals surface area contributed by atoms with Gasteiger partial charge in [0.05, 0.1) is 4.92 Å². The van der Waals surface area contributed by atoms with E-state index in [0.717, 1.165) is 18.1 Å². The van der Waals surface area contributed by atoms with Crippen LogP contribution < -0.4 is 17.0 Å². The molecule has 12 heteroatoms. The van der Waals surface area contributed by atoms with Crippen LogP contribution in [0.5, 0.6) is 0 Å².